The van der Waals surface area contributed by atoms with Gasteiger partial charge in [-0.15, -0.1) is 11.3 Å². The number of halogens is 3. The molecule has 3 aromatic rings. The van der Waals surface area contributed by atoms with E-state index < -0.39 is 11.7 Å². The zero-order valence-corrected chi connectivity index (χ0v) is 14.7. The molecule has 0 saturated heterocycles. The summed E-state index contributed by atoms with van der Waals surface area (Å²) in [5.41, 5.74) is 1.23. The predicted octanol–water partition coefficient (Wildman–Crippen LogP) is 5.02. The molecule has 0 spiro atoms. The first kappa shape index (κ1) is 18.4. The van der Waals surface area contributed by atoms with Crippen LogP contribution in [-0.4, -0.2) is 21.7 Å². The molecule has 0 aliphatic carbocycles. The lowest BCUT2D eigenvalue weighted by molar-refractivity contribution is 0.0463. The number of nitrogens with zero attached hydrogens (tertiary/aromatic N) is 2. The van der Waals surface area contributed by atoms with Crippen molar-refractivity contribution < 1.29 is 22.7 Å². The molecule has 0 aliphatic rings. The molecule has 0 atom stereocenters. The number of esters is 1. The quantitative estimate of drug-likeness (QED) is 0.433. The van der Waals surface area contributed by atoms with Crippen LogP contribution in [0.15, 0.2) is 53.0 Å². The molecule has 26 heavy (non-hydrogen) atoms. The smallest absolute Gasteiger partial charge is 0.341 e. The van der Waals surface area contributed by atoms with Crippen molar-refractivity contribution in [3.05, 3.63) is 65.0 Å². The van der Waals surface area contributed by atoms with Crippen molar-refractivity contribution in [2.45, 2.75) is 17.4 Å². The van der Waals surface area contributed by atoms with E-state index in [1.54, 1.807) is 17.5 Å². The lowest BCUT2D eigenvalue weighted by Crippen LogP contribution is -2.08. The fourth-order valence-corrected chi connectivity index (χ4v) is 3.42. The van der Waals surface area contributed by atoms with Gasteiger partial charge in [-0.3, -0.25) is 0 Å². The fraction of sp³-hybridized carbons (Fsp3) is 0.118. The Balaban J connectivity index is 1.66. The summed E-state index contributed by atoms with van der Waals surface area (Å²) in [6.45, 7) is -0.107. The third-order valence-corrected chi connectivity index (χ3v) is 4.85. The zero-order chi connectivity index (χ0) is 18.5. The standard InChI is InChI=1S/C17H11F3N2O2S2/c18-11-5-3-10(4-6-11)14-22-12(9-25-14)8-24-16(23)13-2-1-7-21-15(13)26-17(19)20/h1-7,9,17H,8H2. The number of hydrogen-bond donors (Lipinski definition) is 0. The summed E-state index contributed by atoms with van der Waals surface area (Å²) < 4.78 is 43.2. The van der Waals surface area contributed by atoms with E-state index in [2.05, 4.69) is 9.97 Å². The maximum absolute atomic E-state index is 13.0. The van der Waals surface area contributed by atoms with Crippen molar-refractivity contribution in [3.8, 4) is 10.6 Å². The predicted molar refractivity (Wildman–Crippen MR) is 92.7 cm³/mol. The Morgan fingerprint density at radius 1 is 1.23 bits per heavy atom. The lowest BCUT2D eigenvalue weighted by atomic mass is 10.2. The lowest BCUT2D eigenvalue weighted by Gasteiger charge is -2.07. The van der Waals surface area contributed by atoms with Crippen LogP contribution in [0.2, 0.25) is 0 Å². The van der Waals surface area contributed by atoms with Crippen LogP contribution in [0.3, 0.4) is 0 Å². The number of carbonyl (C=O) groups is 1. The van der Waals surface area contributed by atoms with Crippen molar-refractivity contribution in [2.75, 3.05) is 0 Å². The van der Waals surface area contributed by atoms with Crippen LogP contribution in [-0.2, 0) is 11.3 Å². The van der Waals surface area contributed by atoms with Crippen molar-refractivity contribution in [1.29, 1.82) is 0 Å². The van der Waals surface area contributed by atoms with Crippen molar-refractivity contribution in [2.24, 2.45) is 0 Å². The molecule has 0 bridgehead atoms. The average Bonchev–Trinajstić information content (AvgIpc) is 3.09. The van der Waals surface area contributed by atoms with E-state index in [4.69, 9.17) is 4.74 Å². The van der Waals surface area contributed by atoms with Crippen molar-refractivity contribution in [3.63, 3.8) is 0 Å². The first-order valence-corrected chi connectivity index (χ1v) is 9.06. The first-order valence-electron chi connectivity index (χ1n) is 7.30. The summed E-state index contributed by atoms with van der Waals surface area (Å²) in [5, 5.41) is 2.29. The van der Waals surface area contributed by atoms with Crippen LogP contribution in [0.1, 0.15) is 16.1 Å². The highest BCUT2D eigenvalue weighted by Crippen LogP contribution is 2.27. The molecule has 3 rings (SSSR count). The third-order valence-electron chi connectivity index (χ3n) is 3.19. The number of hydrogen-bond acceptors (Lipinski definition) is 6. The number of aromatic nitrogens is 2. The van der Waals surface area contributed by atoms with Gasteiger partial charge < -0.3 is 4.74 Å². The van der Waals surface area contributed by atoms with Crippen molar-refractivity contribution >= 4 is 29.1 Å². The minimum atomic E-state index is -2.69. The Labute approximate surface area is 155 Å². The number of carbonyl (C=O) groups excluding carboxylic acids is 1. The molecule has 134 valence electrons. The second kappa shape index (κ2) is 8.33. The third kappa shape index (κ3) is 4.61. The molecule has 0 radical (unpaired) electrons. The van der Waals surface area contributed by atoms with E-state index in [1.807, 2.05) is 0 Å². The summed E-state index contributed by atoms with van der Waals surface area (Å²) >= 11 is 1.52. The Morgan fingerprint density at radius 2 is 2.00 bits per heavy atom. The number of ether oxygens (including phenoxy) is 1. The summed E-state index contributed by atoms with van der Waals surface area (Å²) in [6.07, 6.45) is 1.33. The van der Waals surface area contributed by atoms with Gasteiger partial charge >= 0.3 is 5.97 Å². The maximum atomic E-state index is 13.0. The largest absolute Gasteiger partial charge is 0.455 e. The molecular formula is C17H11F3N2O2S2. The minimum Gasteiger partial charge on any atom is -0.455 e. The van der Waals surface area contributed by atoms with Gasteiger partial charge in [0.05, 0.1) is 11.3 Å². The topological polar surface area (TPSA) is 52.1 Å². The Morgan fingerprint density at radius 3 is 2.73 bits per heavy atom. The molecule has 0 aliphatic heterocycles. The van der Waals surface area contributed by atoms with Crippen LogP contribution in [0, 0.1) is 5.82 Å². The van der Waals surface area contributed by atoms with Crippen LogP contribution in [0.5, 0.6) is 0 Å². The van der Waals surface area contributed by atoms with Crippen LogP contribution >= 0.6 is 23.1 Å². The van der Waals surface area contributed by atoms with E-state index in [0.717, 1.165) is 5.56 Å². The normalized spacial score (nSPS) is 10.9. The maximum Gasteiger partial charge on any atom is 0.341 e. The number of rotatable bonds is 6. The SMILES string of the molecule is O=C(OCc1csc(-c2ccc(F)cc2)n1)c1cccnc1SC(F)F. The molecule has 0 unspecified atom stereocenters. The molecule has 2 aromatic heterocycles. The molecule has 0 fully saturated rings. The van der Waals surface area contributed by atoms with E-state index in [9.17, 15) is 18.0 Å². The van der Waals surface area contributed by atoms with E-state index in [1.165, 1.54) is 41.8 Å². The average molecular weight is 396 g/mol. The number of benzene rings is 1. The molecular weight excluding hydrogens is 385 g/mol. The van der Waals surface area contributed by atoms with Crippen LogP contribution in [0.4, 0.5) is 13.2 Å². The second-order valence-corrected chi connectivity index (χ2v) is 6.80. The molecule has 1 aromatic carbocycles. The van der Waals surface area contributed by atoms with Crippen LogP contribution in [0.25, 0.3) is 10.6 Å². The molecule has 9 heteroatoms. The first-order chi connectivity index (χ1) is 12.5. The highest BCUT2D eigenvalue weighted by atomic mass is 32.2. The molecule has 4 nitrogen and oxygen atoms in total. The van der Waals surface area contributed by atoms with Gasteiger partial charge in [0.25, 0.3) is 5.76 Å². The Bertz CT molecular complexity index is 901. The highest BCUT2D eigenvalue weighted by molar-refractivity contribution is 7.99. The van der Waals surface area contributed by atoms with Gasteiger partial charge in [0.1, 0.15) is 22.5 Å². The monoisotopic (exact) mass is 396 g/mol. The van der Waals surface area contributed by atoms with Crippen molar-refractivity contribution in [1.82, 2.24) is 9.97 Å². The summed E-state index contributed by atoms with van der Waals surface area (Å²) in [5.74, 6) is -3.78. The number of pyridine rings is 1. The van der Waals surface area contributed by atoms with Gasteiger partial charge in [0.15, 0.2) is 0 Å². The van der Waals surface area contributed by atoms with Gasteiger partial charge in [0.2, 0.25) is 0 Å². The van der Waals surface area contributed by atoms with Gasteiger partial charge in [0, 0.05) is 17.1 Å². The van der Waals surface area contributed by atoms with Gasteiger partial charge in [-0.1, -0.05) is 0 Å². The van der Waals surface area contributed by atoms with Gasteiger partial charge in [-0.2, -0.15) is 8.78 Å². The Hall–Kier alpha value is -2.39. The molecule has 0 saturated carbocycles. The fourth-order valence-electron chi connectivity index (χ4n) is 2.04. The second-order valence-electron chi connectivity index (χ2n) is 4.96. The zero-order valence-electron chi connectivity index (χ0n) is 13.1. The number of thiazole rings is 1. The van der Waals surface area contributed by atoms with E-state index in [-0.39, 0.29) is 34.8 Å². The van der Waals surface area contributed by atoms with E-state index in [0.29, 0.717) is 10.7 Å². The Kier molecular flexibility index (Phi) is 5.89. The highest BCUT2D eigenvalue weighted by Gasteiger charge is 2.18. The van der Waals surface area contributed by atoms with Gasteiger partial charge in [-0.05, 0) is 48.2 Å². The number of alkyl halides is 2. The summed E-state index contributed by atoms with van der Waals surface area (Å²) in [4.78, 5) is 20.3. The molecule has 0 N–H and O–H groups in total. The summed E-state index contributed by atoms with van der Waals surface area (Å²) in [6, 6.07) is 8.73. The molecule has 0 amide bonds. The number of thioether (sulfide) groups is 1. The molecule has 2 heterocycles. The minimum absolute atomic E-state index is 0.0215. The van der Waals surface area contributed by atoms with E-state index >= 15 is 0 Å². The van der Waals surface area contributed by atoms with Crippen LogP contribution < -0.4 is 0 Å². The van der Waals surface area contributed by atoms with Gasteiger partial charge in [-0.25, -0.2) is 19.2 Å². The summed E-state index contributed by atoms with van der Waals surface area (Å²) in [7, 11) is 0.